The van der Waals surface area contributed by atoms with Gasteiger partial charge < -0.3 is 0 Å². The zero-order chi connectivity index (χ0) is 12.5. The molecule has 0 aliphatic carbocycles. The van der Waals surface area contributed by atoms with Gasteiger partial charge in [-0.2, -0.15) is 0 Å². The highest BCUT2D eigenvalue weighted by molar-refractivity contribution is 5.38. The van der Waals surface area contributed by atoms with Gasteiger partial charge in [0.2, 0.25) is 12.7 Å². The number of hydrogen-bond acceptors (Lipinski definition) is 3. The average Bonchev–Trinajstić information content (AvgIpc) is 2.98. The lowest BCUT2D eigenvalue weighted by Crippen LogP contribution is -2.23. The Morgan fingerprint density at radius 3 is 1.78 bits per heavy atom. The van der Waals surface area contributed by atoms with Gasteiger partial charge in [0.25, 0.3) is 12.7 Å². The van der Waals surface area contributed by atoms with Crippen molar-refractivity contribution in [1.82, 2.24) is 24.5 Å². The second-order valence-electron chi connectivity index (χ2n) is 4.11. The maximum atomic E-state index is 4.23. The first-order valence-electron chi connectivity index (χ1n) is 5.48. The Morgan fingerprint density at radius 2 is 1.39 bits per heavy atom. The summed E-state index contributed by atoms with van der Waals surface area (Å²) in [6.07, 6.45) is 10.8. The lowest BCUT2D eigenvalue weighted by Gasteiger charge is -1.95. The third-order valence-electron chi connectivity index (χ3n) is 2.54. The highest BCUT2D eigenvalue weighted by atomic mass is 15.4. The Bertz CT molecular complexity index is 627. The summed E-state index contributed by atoms with van der Waals surface area (Å²) in [6, 6.07) is 1.98. The van der Waals surface area contributed by atoms with Gasteiger partial charge in [-0.3, -0.25) is 4.98 Å². The standard InChI is InChI=1S/C11H13N7/c1-15-6-13-17(8-15)10-3-11(5-12-4-10)18-9-16(2)7-14-18/h3-9H,1-2H3/q+2. The van der Waals surface area contributed by atoms with E-state index >= 15 is 0 Å². The molecule has 3 heterocycles. The summed E-state index contributed by atoms with van der Waals surface area (Å²) in [5, 5.41) is 8.46. The van der Waals surface area contributed by atoms with Gasteiger partial charge in [-0.05, 0) is 0 Å². The van der Waals surface area contributed by atoms with E-state index in [9.17, 15) is 0 Å². The Labute approximate surface area is 104 Å². The third kappa shape index (κ3) is 1.86. The van der Waals surface area contributed by atoms with Gasteiger partial charge >= 0.3 is 0 Å². The maximum absolute atomic E-state index is 4.23. The van der Waals surface area contributed by atoms with Crippen LogP contribution in [0.4, 0.5) is 0 Å². The number of nitrogens with zero attached hydrogens (tertiary/aromatic N) is 7. The van der Waals surface area contributed by atoms with Crippen LogP contribution in [0.1, 0.15) is 0 Å². The largest absolute Gasteiger partial charge is 0.265 e. The van der Waals surface area contributed by atoms with Crippen molar-refractivity contribution in [2.45, 2.75) is 0 Å². The van der Waals surface area contributed by atoms with Gasteiger partial charge in [-0.25, -0.2) is 9.13 Å². The van der Waals surface area contributed by atoms with Crippen LogP contribution in [-0.4, -0.2) is 24.5 Å². The lowest BCUT2D eigenvalue weighted by atomic mass is 10.4. The smallest absolute Gasteiger partial charge is 0.257 e. The Morgan fingerprint density at radius 1 is 0.889 bits per heavy atom. The molecule has 0 N–H and O–H groups in total. The van der Waals surface area contributed by atoms with Crippen molar-refractivity contribution in [3.63, 3.8) is 0 Å². The molecule has 7 heteroatoms. The molecule has 18 heavy (non-hydrogen) atoms. The second kappa shape index (κ2) is 4.02. The molecule has 0 amide bonds. The summed E-state index contributed by atoms with van der Waals surface area (Å²) < 4.78 is 7.28. The fraction of sp³-hybridized carbons (Fsp3) is 0.182. The number of aryl methyl sites for hydroxylation is 2. The van der Waals surface area contributed by atoms with E-state index in [2.05, 4.69) is 15.2 Å². The van der Waals surface area contributed by atoms with Crippen molar-refractivity contribution in [3.8, 4) is 11.4 Å². The SMILES string of the molecule is C[n+]1cnn(-c2cncc(-n3c[n+](C)cn3)c2)c1. The predicted octanol–water partition coefficient (Wildman–Crippen LogP) is -0.898. The van der Waals surface area contributed by atoms with Crippen LogP contribution in [-0.2, 0) is 14.1 Å². The van der Waals surface area contributed by atoms with Gasteiger partial charge in [-0.15, -0.1) is 0 Å². The van der Waals surface area contributed by atoms with Crippen molar-refractivity contribution in [2.75, 3.05) is 0 Å². The van der Waals surface area contributed by atoms with Gasteiger partial charge in [0.1, 0.15) is 0 Å². The van der Waals surface area contributed by atoms with Gasteiger partial charge in [0, 0.05) is 16.3 Å². The second-order valence-corrected chi connectivity index (χ2v) is 4.11. The minimum absolute atomic E-state index is 0.895. The molecule has 0 aliphatic rings. The molecule has 0 aromatic carbocycles. The van der Waals surface area contributed by atoms with Crippen LogP contribution in [0.2, 0.25) is 0 Å². The molecule has 0 radical (unpaired) electrons. The van der Waals surface area contributed by atoms with E-state index < -0.39 is 0 Å². The fourth-order valence-corrected chi connectivity index (χ4v) is 1.67. The molecule has 0 atom stereocenters. The number of pyridine rings is 1. The van der Waals surface area contributed by atoms with Crippen LogP contribution < -0.4 is 9.13 Å². The third-order valence-corrected chi connectivity index (χ3v) is 2.54. The molecule has 0 bridgehead atoms. The molecule has 3 rings (SSSR count). The summed E-state index contributed by atoms with van der Waals surface area (Å²) in [7, 11) is 3.85. The van der Waals surface area contributed by atoms with Crippen LogP contribution in [0.5, 0.6) is 0 Å². The molecular formula is C11H13N7+2. The van der Waals surface area contributed by atoms with Crippen LogP contribution in [0.15, 0.2) is 43.8 Å². The highest BCUT2D eigenvalue weighted by Gasteiger charge is 2.12. The van der Waals surface area contributed by atoms with E-state index in [-0.39, 0.29) is 0 Å². The quantitative estimate of drug-likeness (QED) is 0.548. The summed E-state index contributed by atoms with van der Waals surface area (Å²) >= 11 is 0. The summed E-state index contributed by atoms with van der Waals surface area (Å²) in [4.78, 5) is 4.22. The minimum Gasteiger partial charge on any atom is -0.257 e. The first-order chi connectivity index (χ1) is 8.72. The van der Waals surface area contributed by atoms with E-state index in [0.29, 0.717) is 0 Å². The predicted molar refractivity (Wildman–Crippen MR) is 60.8 cm³/mol. The number of rotatable bonds is 2. The molecule has 90 valence electrons. The first-order valence-corrected chi connectivity index (χ1v) is 5.48. The highest BCUT2D eigenvalue weighted by Crippen LogP contribution is 2.09. The Kier molecular flexibility index (Phi) is 2.36. The van der Waals surface area contributed by atoms with E-state index in [4.69, 9.17) is 0 Å². The zero-order valence-corrected chi connectivity index (χ0v) is 10.2. The van der Waals surface area contributed by atoms with Gasteiger partial charge in [-0.1, -0.05) is 9.36 Å². The summed E-state index contributed by atoms with van der Waals surface area (Å²) in [6.45, 7) is 0. The first kappa shape index (κ1) is 10.6. The van der Waals surface area contributed by atoms with E-state index in [1.165, 1.54) is 0 Å². The summed E-state index contributed by atoms with van der Waals surface area (Å²) in [5.41, 5.74) is 1.79. The van der Waals surface area contributed by atoms with E-state index in [1.807, 2.05) is 42.0 Å². The number of hydrogen-bond donors (Lipinski definition) is 0. The van der Waals surface area contributed by atoms with Crippen LogP contribution >= 0.6 is 0 Å². The van der Waals surface area contributed by atoms with Crippen LogP contribution in [0.25, 0.3) is 11.4 Å². The molecule has 0 saturated heterocycles. The van der Waals surface area contributed by atoms with Crippen molar-refractivity contribution < 1.29 is 9.13 Å². The summed E-state index contributed by atoms with van der Waals surface area (Å²) in [5.74, 6) is 0. The molecule has 0 unspecified atom stereocenters. The molecule has 0 fully saturated rings. The number of aromatic nitrogens is 7. The van der Waals surface area contributed by atoms with Gasteiger partial charge in [0.15, 0.2) is 11.4 Å². The average molecular weight is 243 g/mol. The van der Waals surface area contributed by atoms with Gasteiger partial charge in [0.05, 0.1) is 26.5 Å². The topological polar surface area (TPSA) is 56.3 Å². The monoisotopic (exact) mass is 243 g/mol. The van der Waals surface area contributed by atoms with E-state index in [1.54, 1.807) is 34.4 Å². The Hall–Kier alpha value is -2.57. The normalized spacial score (nSPS) is 10.8. The molecular weight excluding hydrogens is 230 g/mol. The minimum atomic E-state index is 0.895. The molecule has 3 aromatic rings. The van der Waals surface area contributed by atoms with Crippen LogP contribution in [0, 0.1) is 0 Å². The van der Waals surface area contributed by atoms with Crippen LogP contribution in [0.3, 0.4) is 0 Å². The molecule has 0 saturated carbocycles. The molecule has 0 aliphatic heterocycles. The fourth-order valence-electron chi connectivity index (χ4n) is 1.67. The van der Waals surface area contributed by atoms with Crippen molar-refractivity contribution >= 4 is 0 Å². The van der Waals surface area contributed by atoms with E-state index in [0.717, 1.165) is 11.4 Å². The lowest BCUT2D eigenvalue weighted by molar-refractivity contribution is -0.672. The zero-order valence-electron chi connectivity index (χ0n) is 10.2. The maximum Gasteiger partial charge on any atom is 0.265 e. The van der Waals surface area contributed by atoms with Crippen molar-refractivity contribution in [3.05, 3.63) is 43.8 Å². The Balaban J connectivity index is 2.04. The molecule has 3 aromatic heterocycles. The molecule has 7 nitrogen and oxygen atoms in total. The molecule has 0 spiro atoms. The van der Waals surface area contributed by atoms with Crippen molar-refractivity contribution in [2.24, 2.45) is 14.1 Å². The van der Waals surface area contributed by atoms with Crippen molar-refractivity contribution in [1.29, 1.82) is 0 Å².